The molecule has 0 radical (unpaired) electrons. The number of cyclic esters (lactones) is 1. The van der Waals surface area contributed by atoms with Crippen LogP contribution in [-0.4, -0.2) is 76.0 Å². The summed E-state index contributed by atoms with van der Waals surface area (Å²) in [5, 5.41) is 12.2. The summed E-state index contributed by atoms with van der Waals surface area (Å²) < 4.78 is 11.4. The van der Waals surface area contributed by atoms with Crippen molar-refractivity contribution in [3.63, 3.8) is 0 Å². The molecule has 5 aromatic carbocycles. The molecule has 15 heteroatoms. The summed E-state index contributed by atoms with van der Waals surface area (Å²) in [6.45, 7) is 0.185. The second kappa shape index (κ2) is 19.4. The van der Waals surface area contributed by atoms with Crippen LogP contribution in [0.25, 0.3) is 0 Å². The van der Waals surface area contributed by atoms with Crippen LogP contribution in [0.1, 0.15) is 39.6 Å². The van der Waals surface area contributed by atoms with Crippen LogP contribution in [0.5, 0.6) is 0 Å². The average molecular weight is 920 g/mol. The lowest BCUT2D eigenvalue weighted by Crippen LogP contribution is -2.71. The summed E-state index contributed by atoms with van der Waals surface area (Å²) in [5.41, 5.74) is 4.19. The van der Waals surface area contributed by atoms with Crippen LogP contribution >= 0.6 is 34.9 Å². The number of thioether (sulfide) groups is 2. The maximum absolute atomic E-state index is 14.5. The highest BCUT2D eigenvalue weighted by atomic mass is 32.2. The number of anilines is 1. The zero-order chi connectivity index (χ0) is 44.8. The number of rotatable bonds is 16. The summed E-state index contributed by atoms with van der Waals surface area (Å²) in [6.07, 6.45) is 0.931. The van der Waals surface area contributed by atoms with E-state index in [1.807, 2.05) is 115 Å². The van der Waals surface area contributed by atoms with E-state index in [4.69, 9.17) is 19.3 Å². The van der Waals surface area contributed by atoms with Crippen LogP contribution in [0.4, 0.5) is 5.13 Å². The Morgan fingerprint density at radius 2 is 1.40 bits per heavy atom. The number of ether oxygens (including phenoxy) is 2. The van der Waals surface area contributed by atoms with Crippen LogP contribution in [-0.2, 0) is 39.0 Å². The number of carbonyl (C=O) groups excluding carboxylic acids is 4. The maximum atomic E-state index is 14.5. The van der Waals surface area contributed by atoms with E-state index in [0.29, 0.717) is 21.4 Å². The highest BCUT2D eigenvalue weighted by molar-refractivity contribution is 8.06. The zero-order valence-corrected chi connectivity index (χ0v) is 37.3. The van der Waals surface area contributed by atoms with E-state index in [1.165, 1.54) is 46.9 Å². The number of esters is 2. The molecule has 3 aliphatic heterocycles. The van der Waals surface area contributed by atoms with Gasteiger partial charge in [-0.3, -0.25) is 14.5 Å². The number of carbonyl (C=O) groups is 4. The molecule has 1 saturated heterocycles. The van der Waals surface area contributed by atoms with Crippen LogP contribution in [0.15, 0.2) is 184 Å². The summed E-state index contributed by atoms with van der Waals surface area (Å²) in [7, 11) is 1.33. The Hall–Kier alpha value is -6.94. The van der Waals surface area contributed by atoms with Crippen LogP contribution in [0, 0.1) is 0 Å². The molecule has 2 N–H and O–H groups in total. The van der Waals surface area contributed by atoms with Gasteiger partial charge in [-0.2, -0.15) is 0 Å². The van der Waals surface area contributed by atoms with E-state index in [-0.39, 0.29) is 29.5 Å². The number of nitrogens with zero attached hydrogens (tertiary/aromatic N) is 3. The number of aromatic nitrogens is 1. The lowest BCUT2D eigenvalue weighted by molar-refractivity contribution is -0.154. The largest absolute Gasteiger partial charge is 0.458 e. The number of thiazole rings is 1. The van der Waals surface area contributed by atoms with Gasteiger partial charge in [0, 0.05) is 27.4 Å². The number of amides is 2. The Morgan fingerprint density at radius 1 is 0.846 bits per heavy atom. The monoisotopic (exact) mass is 919 g/mol. The van der Waals surface area contributed by atoms with Crippen molar-refractivity contribution in [2.75, 3.05) is 30.5 Å². The van der Waals surface area contributed by atoms with Crippen molar-refractivity contribution < 1.29 is 33.5 Å². The topological polar surface area (TPSA) is 149 Å². The molecule has 4 heterocycles. The Labute approximate surface area is 387 Å². The summed E-state index contributed by atoms with van der Waals surface area (Å²) in [6, 6.07) is 47.9. The molecule has 0 spiro atoms. The first kappa shape index (κ1) is 43.3. The van der Waals surface area contributed by atoms with Gasteiger partial charge in [-0.25, -0.2) is 14.6 Å². The fourth-order valence-corrected chi connectivity index (χ4v) is 11.4. The van der Waals surface area contributed by atoms with Gasteiger partial charge in [0.1, 0.15) is 42.1 Å². The Bertz CT molecular complexity index is 2650. The molecular formula is C50H41N5O7S3. The van der Waals surface area contributed by atoms with Gasteiger partial charge in [0.15, 0.2) is 16.9 Å². The van der Waals surface area contributed by atoms with E-state index < -0.39 is 46.8 Å². The van der Waals surface area contributed by atoms with Gasteiger partial charge in [-0.1, -0.05) is 157 Å². The number of nitrogens with one attached hydrogen (secondary N) is 2. The van der Waals surface area contributed by atoms with E-state index >= 15 is 0 Å². The van der Waals surface area contributed by atoms with Gasteiger partial charge in [-0.15, -0.1) is 34.9 Å². The maximum Gasteiger partial charge on any atom is 0.356 e. The molecule has 0 unspecified atom stereocenters. The van der Waals surface area contributed by atoms with E-state index in [2.05, 4.69) is 52.2 Å². The summed E-state index contributed by atoms with van der Waals surface area (Å²) in [4.78, 5) is 67.3. The lowest BCUT2D eigenvalue weighted by atomic mass is 9.77. The van der Waals surface area contributed by atoms with Gasteiger partial charge in [0.05, 0.1) is 0 Å². The third-order valence-electron chi connectivity index (χ3n) is 11.1. The van der Waals surface area contributed by atoms with Crippen LogP contribution in [0.3, 0.4) is 0 Å². The molecule has 0 aliphatic carbocycles. The average Bonchev–Trinajstić information content (AvgIpc) is 4.01. The molecule has 2 atom stereocenters. The molecule has 65 heavy (non-hydrogen) atoms. The van der Waals surface area contributed by atoms with Crippen molar-refractivity contribution >= 4 is 69.5 Å². The van der Waals surface area contributed by atoms with Gasteiger partial charge < -0.3 is 24.9 Å². The molecule has 6 aromatic rings. The molecule has 9 rings (SSSR count). The number of β-lactam (4-membered cyclic amide) rings is 1. The third-order valence-corrected chi connectivity index (χ3v) is 14.5. The molecular weight excluding hydrogens is 879 g/mol. The second-order valence-electron chi connectivity index (χ2n) is 15.0. The quantitative estimate of drug-likeness (QED) is 0.0320. The molecule has 12 nitrogen and oxygen atoms in total. The minimum absolute atomic E-state index is 0.0674. The van der Waals surface area contributed by atoms with Crippen molar-refractivity contribution in [1.29, 1.82) is 0 Å². The van der Waals surface area contributed by atoms with Gasteiger partial charge in [0.25, 0.3) is 11.8 Å². The minimum Gasteiger partial charge on any atom is -0.458 e. The first-order valence-electron chi connectivity index (χ1n) is 20.7. The van der Waals surface area contributed by atoms with E-state index in [0.717, 1.165) is 27.8 Å². The number of hydrogen-bond acceptors (Lipinski definition) is 13. The number of oxime groups is 1. The predicted octanol–water partition coefficient (Wildman–Crippen LogP) is 8.06. The second-order valence-corrected chi connectivity index (χ2v) is 18.0. The Morgan fingerprint density at radius 3 is 1.92 bits per heavy atom. The molecule has 1 aromatic heterocycles. The molecule has 1 fully saturated rings. The molecule has 326 valence electrons. The number of benzene rings is 5. The van der Waals surface area contributed by atoms with Gasteiger partial charge in [-0.05, 0) is 33.9 Å². The van der Waals surface area contributed by atoms with Crippen molar-refractivity contribution in [2.45, 2.75) is 23.1 Å². The first-order valence-corrected chi connectivity index (χ1v) is 23.6. The normalized spacial score (nSPS) is 17.2. The highest BCUT2D eigenvalue weighted by Crippen LogP contribution is 2.45. The van der Waals surface area contributed by atoms with E-state index in [1.54, 1.807) is 11.5 Å². The summed E-state index contributed by atoms with van der Waals surface area (Å²) in [5.74, 6) is -1.77. The lowest BCUT2D eigenvalue weighted by Gasteiger charge is -2.49. The summed E-state index contributed by atoms with van der Waals surface area (Å²) >= 11 is 3.97. The van der Waals surface area contributed by atoms with Gasteiger partial charge in [0.2, 0.25) is 0 Å². The predicted molar refractivity (Wildman–Crippen MR) is 253 cm³/mol. The molecule has 0 bridgehead atoms. The Kier molecular flexibility index (Phi) is 13.0. The van der Waals surface area contributed by atoms with Crippen molar-refractivity contribution in [2.24, 2.45) is 5.16 Å². The fraction of sp³-hybridized carbons (Fsp3) is 0.160. The molecule has 3 aliphatic rings. The zero-order valence-electron chi connectivity index (χ0n) is 34.9. The Balaban J connectivity index is 0.980. The number of hydrogen-bond donors (Lipinski definition) is 2. The van der Waals surface area contributed by atoms with Crippen molar-refractivity contribution in [3.05, 3.63) is 213 Å². The minimum atomic E-state index is -1.02. The first-order chi connectivity index (χ1) is 31.9. The van der Waals surface area contributed by atoms with E-state index in [9.17, 15) is 19.2 Å². The van der Waals surface area contributed by atoms with Crippen molar-refractivity contribution in [1.82, 2.24) is 15.2 Å². The van der Waals surface area contributed by atoms with Gasteiger partial charge >= 0.3 is 11.9 Å². The molecule has 0 saturated carbocycles. The SMILES string of the molecule is CO/N=C(\C(=O)N[C@@H]1C(=O)N2C(C(=O)OC(c3ccccc3)c3ccccc3)=C(SCC3=CCOC3=O)CS[C@@H]12)c1csc(NC(c2ccccc2)(c2ccccc2)c2ccccc2)n1. The van der Waals surface area contributed by atoms with Crippen molar-refractivity contribution in [3.8, 4) is 0 Å². The highest BCUT2D eigenvalue weighted by Gasteiger charge is 2.55. The number of fused-ring (bicyclic) bond motifs is 1. The van der Waals surface area contributed by atoms with Crippen LogP contribution < -0.4 is 10.6 Å². The van der Waals surface area contributed by atoms with Crippen LogP contribution in [0.2, 0.25) is 0 Å². The fourth-order valence-electron chi connectivity index (χ4n) is 8.00. The third kappa shape index (κ3) is 8.82. The molecule has 2 amide bonds. The smallest absolute Gasteiger partial charge is 0.356 e. The standard InChI is InChI=1S/C50H41N5O7S3/c1-60-54-40(38-30-65-49(51-38)53-50(35-21-11-4-12-22-35,36-23-13-5-14-24-36)37-25-15-6-16-26-37)44(56)52-41-45(57)55-42(39(31-64-46(41)55)63-29-34-27-28-61-47(34)58)48(59)62-43(32-17-7-2-8-18-32)33-19-9-3-10-20-33/h2-27,30,41,43,46H,28-29,31H2,1H3,(H,51,53)(H,52,56)/b54-40-/t41-,46+/m1/s1.